The topological polar surface area (TPSA) is 46.2 Å². The minimum Gasteiger partial charge on any atom is -0.385 e. The number of benzene rings is 1. The molecule has 3 nitrogen and oxygen atoms in total. The van der Waals surface area contributed by atoms with Gasteiger partial charge in [0.05, 0.1) is 4.90 Å². The molecule has 6 heteroatoms. The van der Waals surface area contributed by atoms with Crippen molar-refractivity contribution in [1.82, 2.24) is 0 Å². The Bertz CT molecular complexity index is 469. The molecule has 0 aliphatic rings. The van der Waals surface area contributed by atoms with Crippen LogP contribution in [0, 0.1) is 5.92 Å². The van der Waals surface area contributed by atoms with Crippen molar-refractivity contribution in [2.24, 2.45) is 5.92 Å². The first kappa shape index (κ1) is 14.9. The molecule has 1 N–H and O–H groups in total. The fourth-order valence-corrected chi connectivity index (χ4v) is 2.09. The second-order valence-corrected chi connectivity index (χ2v) is 6.36. The van der Waals surface area contributed by atoms with Crippen molar-refractivity contribution < 1.29 is 17.2 Å². The van der Waals surface area contributed by atoms with E-state index in [2.05, 4.69) is 19.2 Å². The SMILES string of the molecule is CC(C)CCNc1ccc(S(=O)(=O)C(F)F)cc1. The van der Waals surface area contributed by atoms with Gasteiger partial charge in [0.15, 0.2) is 0 Å². The molecule has 0 atom stereocenters. The zero-order valence-electron chi connectivity index (χ0n) is 10.4. The summed E-state index contributed by atoms with van der Waals surface area (Å²) in [5.41, 5.74) is 0.726. The Morgan fingerprint density at radius 2 is 1.72 bits per heavy atom. The van der Waals surface area contributed by atoms with E-state index in [1.165, 1.54) is 24.3 Å². The van der Waals surface area contributed by atoms with Crippen molar-refractivity contribution in [1.29, 1.82) is 0 Å². The van der Waals surface area contributed by atoms with Gasteiger partial charge in [0.25, 0.3) is 0 Å². The summed E-state index contributed by atoms with van der Waals surface area (Å²) in [5.74, 6) is -2.81. The second-order valence-electron chi connectivity index (χ2n) is 4.44. The Labute approximate surface area is 106 Å². The molecular weight excluding hydrogens is 260 g/mol. The molecule has 0 aromatic heterocycles. The maximum absolute atomic E-state index is 12.3. The lowest BCUT2D eigenvalue weighted by molar-refractivity contribution is 0.234. The van der Waals surface area contributed by atoms with Crippen LogP contribution in [0.1, 0.15) is 20.3 Å². The molecule has 0 heterocycles. The first-order chi connectivity index (χ1) is 8.34. The molecule has 0 radical (unpaired) electrons. The Morgan fingerprint density at radius 3 is 2.17 bits per heavy atom. The lowest BCUT2D eigenvalue weighted by Crippen LogP contribution is -2.11. The van der Waals surface area contributed by atoms with E-state index in [1.54, 1.807) is 0 Å². The third kappa shape index (κ3) is 3.94. The molecule has 18 heavy (non-hydrogen) atoms. The van der Waals surface area contributed by atoms with E-state index in [-0.39, 0.29) is 4.90 Å². The van der Waals surface area contributed by atoms with Gasteiger partial charge in [0, 0.05) is 12.2 Å². The van der Waals surface area contributed by atoms with E-state index in [4.69, 9.17) is 0 Å². The summed E-state index contributed by atoms with van der Waals surface area (Å²) in [6, 6.07) is 5.38. The summed E-state index contributed by atoms with van der Waals surface area (Å²) in [6.07, 6.45) is 0.983. The lowest BCUT2D eigenvalue weighted by atomic mass is 10.1. The number of nitrogens with one attached hydrogen (secondary N) is 1. The Kier molecular flexibility index (Phi) is 5.07. The van der Waals surface area contributed by atoms with E-state index in [0.29, 0.717) is 5.92 Å². The highest BCUT2D eigenvalue weighted by Crippen LogP contribution is 2.20. The van der Waals surface area contributed by atoms with Crippen molar-refractivity contribution in [2.45, 2.75) is 30.9 Å². The highest BCUT2D eigenvalue weighted by Gasteiger charge is 2.26. The van der Waals surface area contributed by atoms with Gasteiger partial charge in [-0.3, -0.25) is 0 Å². The van der Waals surface area contributed by atoms with Crippen molar-refractivity contribution in [3.05, 3.63) is 24.3 Å². The minimum absolute atomic E-state index is 0.355. The van der Waals surface area contributed by atoms with Crippen LogP contribution in [0.4, 0.5) is 14.5 Å². The first-order valence-electron chi connectivity index (χ1n) is 5.70. The summed E-state index contributed by atoms with van der Waals surface area (Å²) in [6.45, 7) is 4.96. The molecule has 1 rings (SSSR count). The highest BCUT2D eigenvalue weighted by molar-refractivity contribution is 7.91. The van der Waals surface area contributed by atoms with Gasteiger partial charge in [0.2, 0.25) is 9.84 Å². The van der Waals surface area contributed by atoms with Gasteiger partial charge in [0.1, 0.15) is 0 Å². The van der Waals surface area contributed by atoms with Crippen molar-refractivity contribution in [2.75, 3.05) is 11.9 Å². The number of alkyl halides is 2. The van der Waals surface area contributed by atoms with E-state index < -0.39 is 15.6 Å². The molecule has 0 aliphatic heterocycles. The fourth-order valence-electron chi connectivity index (χ4n) is 1.37. The molecule has 0 saturated carbocycles. The number of hydrogen-bond donors (Lipinski definition) is 1. The average Bonchev–Trinajstić information content (AvgIpc) is 2.29. The molecule has 1 aromatic rings. The van der Waals surface area contributed by atoms with Crippen LogP contribution in [0.3, 0.4) is 0 Å². The summed E-state index contributed by atoms with van der Waals surface area (Å²) in [4.78, 5) is -0.355. The lowest BCUT2D eigenvalue weighted by Gasteiger charge is -2.09. The highest BCUT2D eigenvalue weighted by atomic mass is 32.2. The summed E-state index contributed by atoms with van der Waals surface area (Å²) in [5, 5.41) is 3.10. The van der Waals surface area contributed by atoms with Crippen molar-refractivity contribution >= 4 is 15.5 Å². The van der Waals surface area contributed by atoms with Gasteiger partial charge in [-0.1, -0.05) is 13.8 Å². The zero-order valence-corrected chi connectivity index (χ0v) is 11.2. The Morgan fingerprint density at radius 1 is 1.17 bits per heavy atom. The number of anilines is 1. The third-order valence-electron chi connectivity index (χ3n) is 2.47. The fraction of sp³-hybridized carbons (Fsp3) is 0.500. The van der Waals surface area contributed by atoms with Crippen molar-refractivity contribution in [3.8, 4) is 0 Å². The molecule has 0 saturated heterocycles. The molecule has 1 aromatic carbocycles. The van der Waals surface area contributed by atoms with E-state index in [9.17, 15) is 17.2 Å². The van der Waals surface area contributed by atoms with Crippen LogP contribution in [-0.2, 0) is 9.84 Å². The predicted molar refractivity (Wildman–Crippen MR) is 67.6 cm³/mol. The number of hydrogen-bond acceptors (Lipinski definition) is 3. The monoisotopic (exact) mass is 277 g/mol. The molecule has 0 unspecified atom stereocenters. The van der Waals surface area contributed by atoms with Crippen LogP contribution in [0.15, 0.2) is 29.2 Å². The maximum Gasteiger partial charge on any atom is 0.341 e. The van der Waals surface area contributed by atoms with Gasteiger partial charge >= 0.3 is 5.76 Å². The van der Waals surface area contributed by atoms with E-state index >= 15 is 0 Å². The summed E-state index contributed by atoms with van der Waals surface area (Å²) >= 11 is 0. The molecule has 0 amide bonds. The molecule has 102 valence electrons. The Balaban J connectivity index is 2.69. The minimum atomic E-state index is -4.49. The third-order valence-corrected chi connectivity index (χ3v) is 3.87. The quantitative estimate of drug-likeness (QED) is 0.869. The van der Waals surface area contributed by atoms with Crippen LogP contribution in [0.5, 0.6) is 0 Å². The largest absolute Gasteiger partial charge is 0.385 e. The average molecular weight is 277 g/mol. The van der Waals surface area contributed by atoms with Crippen LogP contribution < -0.4 is 5.32 Å². The van der Waals surface area contributed by atoms with Crippen LogP contribution in [0.25, 0.3) is 0 Å². The number of sulfone groups is 1. The zero-order chi connectivity index (χ0) is 13.8. The van der Waals surface area contributed by atoms with E-state index in [0.717, 1.165) is 18.7 Å². The Hall–Kier alpha value is -1.17. The van der Waals surface area contributed by atoms with Crippen LogP contribution in [-0.4, -0.2) is 20.7 Å². The number of halogens is 2. The molecule has 0 fully saturated rings. The predicted octanol–water partition coefficient (Wildman–Crippen LogP) is 3.14. The van der Waals surface area contributed by atoms with E-state index in [1.807, 2.05) is 0 Å². The van der Waals surface area contributed by atoms with Gasteiger partial charge < -0.3 is 5.32 Å². The van der Waals surface area contributed by atoms with Gasteiger partial charge in [-0.05, 0) is 36.6 Å². The van der Waals surface area contributed by atoms with Gasteiger partial charge in [-0.2, -0.15) is 8.78 Å². The molecule has 0 aliphatic carbocycles. The normalized spacial score (nSPS) is 12.1. The summed E-state index contributed by atoms with van der Waals surface area (Å²) < 4.78 is 46.9. The van der Waals surface area contributed by atoms with Crippen LogP contribution >= 0.6 is 0 Å². The smallest absolute Gasteiger partial charge is 0.341 e. The number of rotatable bonds is 6. The second kappa shape index (κ2) is 6.13. The maximum atomic E-state index is 12.3. The van der Waals surface area contributed by atoms with Crippen molar-refractivity contribution in [3.63, 3.8) is 0 Å². The molecule has 0 spiro atoms. The van der Waals surface area contributed by atoms with Gasteiger partial charge in [-0.15, -0.1) is 0 Å². The van der Waals surface area contributed by atoms with Crippen LogP contribution in [0.2, 0.25) is 0 Å². The first-order valence-corrected chi connectivity index (χ1v) is 7.24. The summed E-state index contributed by atoms with van der Waals surface area (Å²) in [7, 11) is -4.49. The molecule has 0 bridgehead atoms. The molecular formula is C12H17F2NO2S. The van der Waals surface area contributed by atoms with Gasteiger partial charge in [-0.25, -0.2) is 8.42 Å². The standard InChI is InChI=1S/C12H17F2NO2S/c1-9(2)7-8-15-10-3-5-11(6-4-10)18(16,17)12(13)14/h3-6,9,12,15H,7-8H2,1-2H3.